The Morgan fingerprint density at radius 2 is 2.05 bits per heavy atom. The maximum absolute atomic E-state index is 12.1. The Bertz CT molecular complexity index is 596. The van der Waals surface area contributed by atoms with E-state index in [2.05, 4.69) is 20.6 Å². The van der Waals surface area contributed by atoms with Crippen LogP contribution in [0.1, 0.15) is 25.7 Å². The topological polar surface area (TPSA) is 69.8 Å². The van der Waals surface area contributed by atoms with E-state index in [-0.39, 0.29) is 30.7 Å². The summed E-state index contributed by atoms with van der Waals surface area (Å²) in [7, 11) is 0. The fourth-order valence-electron chi connectivity index (χ4n) is 2.78. The van der Waals surface area contributed by atoms with Gasteiger partial charge in [-0.15, -0.1) is 24.8 Å². The number of aromatic amines is 1. The normalized spacial score (nSPS) is 14.9. The molecular formula is C15H22Cl2N4O. The fourth-order valence-corrected chi connectivity index (χ4v) is 2.78. The van der Waals surface area contributed by atoms with Crippen LogP contribution in [0.25, 0.3) is 11.0 Å². The van der Waals surface area contributed by atoms with Crippen molar-refractivity contribution in [2.45, 2.75) is 25.7 Å². The van der Waals surface area contributed by atoms with Gasteiger partial charge >= 0.3 is 0 Å². The van der Waals surface area contributed by atoms with Crippen LogP contribution in [0.3, 0.4) is 0 Å². The van der Waals surface area contributed by atoms with E-state index in [0.717, 1.165) is 36.2 Å². The highest BCUT2D eigenvalue weighted by molar-refractivity contribution is 5.99. The standard InChI is InChI=1S/C15H20N4O.2ClH/c20-14(5-4-11-6-8-16-9-7-11)19-13-3-1-2-12-15(13)18-10-17-12;;/h1-3,10-11,16H,4-9H2,(H,17,18)(H,19,20);2*1H. The fraction of sp³-hybridized carbons (Fsp3) is 0.467. The highest BCUT2D eigenvalue weighted by Gasteiger charge is 2.15. The number of halogens is 2. The number of hydrogen-bond donors (Lipinski definition) is 3. The van der Waals surface area contributed by atoms with Gasteiger partial charge < -0.3 is 15.6 Å². The molecule has 1 aromatic carbocycles. The van der Waals surface area contributed by atoms with Crippen molar-refractivity contribution in [3.8, 4) is 0 Å². The molecule has 5 nitrogen and oxygen atoms in total. The molecule has 3 rings (SSSR count). The zero-order valence-electron chi connectivity index (χ0n) is 12.3. The largest absolute Gasteiger partial charge is 0.345 e. The SMILES string of the molecule is Cl.Cl.O=C(CCC1CCNCC1)Nc1cccc2[nH]cnc12. The Morgan fingerprint density at radius 3 is 2.82 bits per heavy atom. The smallest absolute Gasteiger partial charge is 0.224 e. The number of carbonyl (C=O) groups is 1. The summed E-state index contributed by atoms with van der Waals surface area (Å²) < 4.78 is 0. The lowest BCUT2D eigenvalue weighted by atomic mass is 9.93. The maximum Gasteiger partial charge on any atom is 0.224 e. The Hall–Kier alpha value is -1.30. The van der Waals surface area contributed by atoms with Crippen molar-refractivity contribution in [2.24, 2.45) is 5.92 Å². The quantitative estimate of drug-likeness (QED) is 0.797. The molecule has 0 aliphatic carbocycles. The molecule has 1 aliphatic heterocycles. The lowest BCUT2D eigenvalue weighted by Gasteiger charge is -2.22. The molecule has 1 fully saturated rings. The Morgan fingerprint density at radius 1 is 1.27 bits per heavy atom. The highest BCUT2D eigenvalue weighted by atomic mass is 35.5. The number of hydrogen-bond acceptors (Lipinski definition) is 3. The van der Waals surface area contributed by atoms with Gasteiger partial charge in [0.1, 0.15) is 5.52 Å². The second-order valence-corrected chi connectivity index (χ2v) is 5.38. The monoisotopic (exact) mass is 344 g/mol. The third kappa shape index (κ3) is 4.60. The van der Waals surface area contributed by atoms with Crippen molar-refractivity contribution in [1.82, 2.24) is 15.3 Å². The Kier molecular flexibility index (Phi) is 7.65. The number of piperidine rings is 1. The number of para-hydroxylation sites is 1. The van der Waals surface area contributed by atoms with Crippen LogP contribution < -0.4 is 10.6 Å². The van der Waals surface area contributed by atoms with Crippen LogP contribution >= 0.6 is 24.8 Å². The minimum Gasteiger partial charge on any atom is -0.345 e. The van der Waals surface area contributed by atoms with Gasteiger partial charge in [0.05, 0.1) is 17.5 Å². The number of anilines is 1. The molecule has 1 saturated heterocycles. The number of aromatic nitrogens is 2. The average Bonchev–Trinajstić information content (AvgIpc) is 2.96. The summed E-state index contributed by atoms with van der Waals surface area (Å²) in [5.41, 5.74) is 2.56. The molecule has 1 amide bonds. The first-order valence-electron chi connectivity index (χ1n) is 7.25. The molecule has 122 valence electrons. The van der Waals surface area contributed by atoms with Crippen LogP contribution in [0.5, 0.6) is 0 Å². The van der Waals surface area contributed by atoms with E-state index in [4.69, 9.17) is 0 Å². The number of fused-ring (bicyclic) bond motifs is 1. The van der Waals surface area contributed by atoms with Gasteiger partial charge in [-0.2, -0.15) is 0 Å². The Balaban J connectivity index is 0.00000121. The number of benzene rings is 1. The summed E-state index contributed by atoms with van der Waals surface area (Å²) in [4.78, 5) is 19.3. The molecule has 0 saturated carbocycles. The average molecular weight is 345 g/mol. The third-order valence-electron chi connectivity index (χ3n) is 3.96. The van der Waals surface area contributed by atoms with Gasteiger partial charge in [0.25, 0.3) is 0 Å². The second-order valence-electron chi connectivity index (χ2n) is 5.38. The van der Waals surface area contributed by atoms with Crippen molar-refractivity contribution in [2.75, 3.05) is 18.4 Å². The molecule has 2 aromatic rings. The lowest BCUT2D eigenvalue weighted by Crippen LogP contribution is -2.28. The summed E-state index contributed by atoms with van der Waals surface area (Å²) in [6.45, 7) is 2.16. The summed E-state index contributed by atoms with van der Waals surface area (Å²) in [5.74, 6) is 0.766. The molecular weight excluding hydrogens is 323 g/mol. The van der Waals surface area contributed by atoms with E-state index in [1.807, 2.05) is 18.2 Å². The molecule has 1 aromatic heterocycles. The van der Waals surface area contributed by atoms with E-state index < -0.39 is 0 Å². The van der Waals surface area contributed by atoms with Crippen LogP contribution in [0.4, 0.5) is 5.69 Å². The van der Waals surface area contributed by atoms with Gasteiger partial charge in [0, 0.05) is 6.42 Å². The minimum atomic E-state index is 0. The number of amides is 1. The van der Waals surface area contributed by atoms with Crippen molar-refractivity contribution < 1.29 is 4.79 Å². The van der Waals surface area contributed by atoms with Gasteiger partial charge in [-0.3, -0.25) is 4.79 Å². The van der Waals surface area contributed by atoms with Gasteiger partial charge in [-0.1, -0.05) is 6.07 Å². The van der Waals surface area contributed by atoms with Crippen molar-refractivity contribution in [3.63, 3.8) is 0 Å². The summed E-state index contributed by atoms with van der Waals surface area (Å²) >= 11 is 0. The molecule has 2 heterocycles. The second kappa shape index (κ2) is 8.98. The van der Waals surface area contributed by atoms with E-state index in [1.54, 1.807) is 6.33 Å². The lowest BCUT2D eigenvalue weighted by molar-refractivity contribution is -0.116. The van der Waals surface area contributed by atoms with Gasteiger partial charge in [-0.05, 0) is 50.4 Å². The molecule has 0 bridgehead atoms. The van der Waals surface area contributed by atoms with Crippen molar-refractivity contribution in [3.05, 3.63) is 24.5 Å². The number of nitrogens with zero attached hydrogens (tertiary/aromatic N) is 1. The van der Waals surface area contributed by atoms with E-state index in [0.29, 0.717) is 12.3 Å². The van der Waals surface area contributed by atoms with Crippen LogP contribution in [-0.4, -0.2) is 29.0 Å². The molecule has 1 aliphatic rings. The zero-order valence-corrected chi connectivity index (χ0v) is 13.9. The third-order valence-corrected chi connectivity index (χ3v) is 3.96. The first kappa shape index (κ1) is 18.7. The van der Waals surface area contributed by atoms with E-state index in [9.17, 15) is 4.79 Å². The first-order valence-corrected chi connectivity index (χ1v) is 7.25. The molecule has 0 atom stereocenters. The van der Waals surface area contributed by atoms with Crippen LogP contribution in [0, 0.1) is 5.92 Å². The molecule has 0 radical (unpaired) electrons. The number of nitrogens with one attached hydrogen (secondary N) is 3. The zero-order chi connectivity index (χ0) is 13.8. The number of carbonyl (C=O) groups excluding carboxylic acids is 1. The molecule has 0 unspecified atom stereocenters. The molecule has 7 heteroatoms. The minimum absolute atomic E-state index is 0. The molecule has 3 N–H and O–H groups in total. The summed E-state index contributed by atoms with van der Waals surface area (Å²) in [6.07, 6.45) is 5.58. The number of rotatable bonds is 4. The first-order chi connectivity index (χ1) is 9.83. The highest BCUT2D eigenvalue weighted by Crippen LogP contribution is 2.21. The maximum atomic E-state index is 12.1. The predicted octanol–water partition coefficient (Wildman–Crippen LogP) is 3.12. The number of H-pyrrole nitrogens is 1. The van der Waals surface area contributed by atoms with Crippen LogP contribution in [0.2, 0.25) is 0 Å². The predicted molar refractivity (Wildman–Crippen MR) is 94.0 cm³/mol. The Labute approximate surface area is 142 Å². The number of imidazole rings is 1. The van der Waals surface area contributed by atoms with Gasteiger partial charge in [-0.25, -0.2) is 4.98 Å². The van der Waals surface area contributed by atoms with Crippen molar-refractivity contribution >= 4 is 47.4 Å². The van der Waals surface area contributed by atoms with E-state index >= 15 is 0 Å². The molecule has 0 spiro atoms. The van der Waals surface area contributed by atoms with E-state index in [1.165, 1.54) is 12.8 Å². The van der Waals surface area contributed by atoms with Gasteiger partial charge in [0.15, 0.2) is 0 Å². The van der Waals surface area contributed by atoms with Crippen LogP contribution in [-0.2, 0) is 4.79 Å². The summed E-state index contributed by atoms with van der Waals surface area (Å²) in [5, 5.41) is 6.32. The van der Waals surface area contributed by atoms with Crippen LogP contribution in [0.15, 0.2) is 24.5 Å². The molecule has 22 heavy (non-hydrogen) atoms. The summed E-state index contributed by atoms with van der Waals surface area (Å²) in [6, 6.07) is 5.77. The van der Waals surface area contributed by atoms with Crippen molar-refractivity contribution in [1.29, 1.82) is 0 Å². The van der Waals surface area contributed by atoms with Gasteiger partial charge in [0.2, 0.25) is 5.91 Å².